The number of nitrogens with zero attached hydrogens (tertiary/aromatic N) is 1. The van der Waals surface area contributed by atoms with Crippen LogP contribution >= 0.6 is 0 Å². The van der Waals surface area contributed by atoms with Crippen molar-refractivity contribution in [2.45, 2.75) is 31.1 Å². The summed E-state index contributed by atoms with van der Waals surface area (Å²) in [6.07, 6.45) is 4.35. The molecule has 1 fully saturated rings. The fraction of sp³-hybridized carbons (Fsp3) is 0.310. The molecule has 4 aromatic rings. The van der Waals surface area contributed by atoms with Gasteiger partial charge in [0.2, 0.25) is 0 Å². The van der Waals surface area contributed by atoms with Gasteiger partial charge in [0.15, 0.2) is 0 Å². The first-order valence-electron chi connectivity index (χ1n) is 11.9. The van der Waals surface area contributed by atoms with Gasteiger partial charge in [-0.25, -0.2) is 0 Å². The monoisotopic (exact) mass is 422 g/mol. The molecular formula is C29H30N2O. The number of hydrogen-bond donors (Lipinski definition) is 2. The molecule has 3 nitrogen and oxygen atoms in total. The number of H-pyrrole nitrogens is 1. The van der Waals surface area contributed by atoms with Gasteiger partial charge in [-0.1, -0.05) is 60.7 Å². The number of aromatic nitrogens is 1. The summed E-state index contributed by atoms with van der Waals surface area (Å²) in [5, 5.41) is 11.7. The summed E-state index contributed by atoms with van der Waals surface area (Å²) in [7, 11) is 0. The Bertz CT molecular complexity index is 1240. The van der Waals surface area contributed by atoms with Gasteiger partial charge in [0.1, 0.15) is 5.75 Å². The number of aromatic amines is 1. The van der Waals surface area contributed by atoms with Crippen LogP contribution in [0.15, 0.2) is 78.9 Å². The molecule has 2 aliphatic rings. The molecule has 162 valence electrons. The van der Waals surface area contributed by atoms with E-state index in [-0.39, 0.29) is 5.41 Å². The van der Waals surface area contributed by atoms with Gasteiger partial charge in [-0.05, 0) is 73.0 Å². The molecule has 1 aliphatic heterocycles. The molecule has 2 unspecified atom stereocenters. The molecule has 1 saturated heterocycles. The van der Waals surface area contributed by atoms with Crippen LogP contribution in [0, 0.1) is 5.92 Å². The van der Waals surface area contributed by atoms with Crippen molar-refractivity contribution in [1.82, 2.24) is 9.88 Å². The van der Waals surface area contributed by atoms with E-state index in [1.807, 2.05) is 12.1 Å². The zero-order chi connectivity index (χ0) is 21.5. The fourth-order valence-electron chi connectivity index (χ4n) is 6.27. The lowest BCUT2D eigenvalue weighted by Crippen LogP contribution is -2.54. The van der Waals surface area contributed by atoms with E-state index in [1.165, 1.54) is 33.3 Å². The van der Waals surface area contributed by atoms with Gasteiger partial charge in [-0.15, -0.1) is 0 Å². The number of piperidine rings is 1. The predicted molar refractivity (Wildman–Crippen MR) is 130 cm³/mol. The Hall–Kier alpha value is -3.04. The number of fused-ring (bicyclic) bond motifs is 4. The normalized spacial score (nSPS) is 23.1. The largest absolute Gasteiger partial charge is 0.508 e. The summed E-state index contributed by atoms with van der Waals surface area (Å²) >= 11 is 0. The van der Waals surface area contributed by atoms with Crippen LogP contribution in [-0.2, 0) is 24.7 Å². The maximum absolute atomic E-state index is 10.3. The first kappa shape index (κ1) is 19.6. The quantitative estimate of drug-likeness (QED) is 0.457. The van der Waals surface area contributed by atoms with E-state index < -0.39 is 0 Å². The van der Waals surface area contributed by atoms with Crippen LogP contribution in [0.5, 0.6) is 5.75 Å². The Morgan fingerprint density at radius 1 is 0.969 bits per heavy atom. The Labute approximate surface area is 189 Å². The number of likely N-dealkylation sites (tertiary alicyclic amines) is 1. The number of rotatable bonds is 4. The molecule has 32 heavy (non-hydrogen) atoms. The third-order valence-corrected chi connectivity index (χ3v) is 7.96. The van der Waals surface area contributed by atoms with Crippen molar-refractivity contribution >= 4 is 10.9 Å². The summed E-state index contributed by atoms with van der Waals surface area (Å²) in [5.41, 5.74) is 6.95. The smallest absolute Gasteiger partial charge is 0.115 e. The minimum Gasteiger partial charge on any atom is -0.508 e. The molecule has 0 radical (unpaired) electrons. The molecule has 1 aliphatic carbocycles. The van der Waals surface area contributed by atoms with Crippen LogP contribution < -0.4 is 0 Å². The van der Waals surface area contributed by atoms with Crippen LogP contribution in [0.1, 0.15) is 28.8 Å². The van der Waals surface area contributed by atoms with E-state index in [2.05, 4.69) is 70.5 Å². The van der Waals surface area contributed by atoms with Crippen molar-refractivity contribution in [3.05, 3.63) is 101 Å². The number of benzene rings is 3. The van der Waals surface area contributed by atoms with Crippen LogP contribution in [-0.4, -0.2) is 34.6 Å². The number of para-hydroxylation sites is 1. The number of hydrogen-bond acceptors (Lipinski definition) is 2. The molecule has 0 bridgehead atoms. The summed E-state index contributed by atoms with van der Waals surface area (Å²) in [4.78, 5) is 6.41. The highest BCUT2D eigenvalue weighted by atomic mass is 16.3. The molecular weight excluding hydrogens is 392 g/mol. The van der Waals surface area contributed by atoms with Gasteiger partial charge in [0.05, 0.1) is 0 Å². The predicted octanol–water partition coefficient (Wildman–Crippen LogP) is 5.47. The van der Waals surface area contributed by atoms with Gasteiger partial charge in [-0.3, -0.25) is 0 Å². The number of nitrogens with one attached hydrogen (secondary N) is 1. The number of phenols is 1. The summed E-state index contributed by atoms with van der Waals surface area (Å²) in [6.45, 7) is 3.33. The van der Waals surface area contributed by atoms with Crippen molar-refractivity contribution in [2.24, 2.45) is 5.92 Å². The van der Waals surface area contributed by atoms with E-state index in [4.69, 9.17) is 0 Å². The van der Waals surface area contributed by atoms with Crippen LogP contribution in [0.25, 0.3) is 10.9 Å². The number of aromatic hydroxyl groups is 1. The van der Waals surface area contributed by atoms with E-state index in [0.29, 0.717) is 11.7 Å². The Kier molecular flexibility index (Phi) is 4.80. The van der Waals surface area contributed by atoms with Gasteiger partial charge in [0.25, 0.3) is 0 Å². The first-order chi connectivity index (χ1) is 15.7. The lowest BCUT2D eigenvalue weighted by atomic mass is 9.58. The lowest BCUT2D eigenvalue weighted by Gasteiger charge is -2.51. The fourth-order valence-corrected chi connectivity index (χ4v) is 6.27. The second-order valence-electron chi connectivity index (χ2n) is 9.70. The van der Waals surface area contributed by atoms with E-state index in [0.717, 1.165) is 45.3 Å². The maximum Gasteiger partial charge on any atom is 0.115 e. The van der Waals surface area contributed by atoms with Crippen molar-refractivity contribution in [1.29, 1.82) is 0 Å². The van der Waals surface area contributed by atoms with E-state index in [9.17, 15) is 5.11 Å². The van der Waals surface area contributed by atoms with Gasteiger partial charge in [0, 0.05) is 35.1 Å². The molecule has 6 rings (SSSR count). The molecule has 3 heteroatoms. The van der Waals surface area contributed by atoms with Gasteiger partial charge in [-0.2, -0.15) is 0 Å². The molecule has 0 saturated carbocycles. The number of phenolic OH excluding ortho intramolecular Hbond substituents is 1. The highest BCUT2D eigenvalue weighted by Gasteiger charge is 2.48. The SMILES string of the molecule is Oc1cccc(C23CCN(CCc4ccccc4)CC2Cc2c([nH]c4ccccc24)C3)c1. The van der Waals surface area contributed by atoms with Crippen molar-refractivity contribution in [2.75, 3.05) is 19.6 Å². The van der Waals surface area contributed by atoms with Crippen LogP contribution in [0.4, 0.5) is 0 Å². The standard InChI is InChI=1S/C29H30N2O/c32-24-10-6-9-22(17-24)29-14-16-31(15-13-21-7-2-1-3-8-21)20-23(29)18-26-25-11-4-5-12-27(25)30-28(26)19-29/h1-12,17,23,30,32H,13-16,18-20H2. The Morgan fingerprint density at radius 2 is 1.81 bits per heavy atom. The summed E-state index contributed by atoms with van der Waals surface area (Å²) in [6, 6.07) is 27.6. The second kappa shape index (κ2) is 7.83. The lowest BCUT2D eigenvalue weighted by molar-refractivity contribution is 0.0822. The maximum atomic E-state index is 10.3. The summed E-state index contributed by atoms with van der Waals surface area (Å²) < 4.78 is 0. The van der Waals surface area contributed by atoms with Gasteiger partial charge >= 0.3 is 0 Å². The van der Waals surface area contributed by atoms with E-state index in [1.54, 1.807) is 6.07 Å². The molecule has 0 spiro atoms. The van der Waals surface area contributed by atoms with Crippen molar-refractivity contribution < 1.29 is 5.11 Å². The molecule has 2 N–H and O–H groups in total. The highest BCUT2D eigenvalue weighted by Crippen LogP contribution is 2.49. The minimum atomic E-state index is 0.0792. The van der Waals surface area contributed by atoms with Crippen LogP contribution in [0.3, 0.4) is 0 Å². The second-order valence-corrected chi connectivity index (χ2v) is 9.70. The highest BCUT2D eigenvalue weighted by molar-refractivity contribution is 5.85. The first-order valence-corrected chi connectivity index (χ1v) is 11.9. The molecule has 1 aromatic heterocycles. The molecule has 2 atom stereocenters. The molecule has 3 aromatic carbocycles. The van der Waals surface area contributed by atoms with Crippen molar-refractivity contribution in [3.8, 4) is 5.75 Å². The summed E-state index contributed by atoms with van der Waals surface area (Å²) in [5.74, 6) is 0.921. The zero-order valence-corrected chi connectivity index (χ0v) is 18.4. The van der Waals surface area contributed by atoms with E-state index >= 15 is 0 Å². The zero-order valence-electron chi connectivity index (χ0n) is 18.4. The third kappa shape index (κ3) is 3.32. The minimum absolute atomic E-state index is 0.0792. The molecule has 0 amide bonds. The Morgan fingerprint density at radius 3 is 2.69 bits per heavy atom. The third-order valence-electron chi connectivity index (χ3n) is 7.96. The average Bonchev–Trinajstić information content (AvgIpc) is 3.19. The van der Waals surface area contributed by atoms with Crippen LogP contribution in [0.2, 0.25) is 0 Å². The average molecular weight is 423 g/mol. The van der Waals surface area contributed by atoms with Gasteiger partial charge < -0.3 is 15.0 Å². The Balaban J connectivity index is 1.34. The topological polar surface area (TPSA) is 39.3 Å². The molecule has 2 heterocycles. The van der Waals surface area contributed by atoms with Crippen molar-refractivity contribution in [3.63, 3.8) is 0 Å².